The Bertz CT molecular complexity index is 739. The molecule has 3 rings (SSSR count). The second-order valence-corrected chi connectivity index (χ2v) is 6.74. The van der Waals surface area contributed by atoms with Gasteiger partial charge in [0.25, 0.3) is 0 Å². The molecule has 2 aromatic rings. The highest BCUT2D eigenvalue weighted by atomic mass is 16.1. The minimum atomic E-state index is -0.0388. The fourth-order valence-electron chi connectivity index (χ4n) is 3.41. The first-order valence-corrected chi connectivity index (χ1v) is 9.03. The van der Waals surface area contributed by atoms with Gasteiger partial charge in [-0.15, -0.1) is 0 Å². The molecule has 1 fully saturated rings. The Hall–Kier alpha value is -2.43. The lowest BCUT2D eigenvalue weighted by atomic mass is 9.97. The number of para-hydroxylation sites is 1. The number of amides is 1. The Morgan fingerprint density at radius 3 is 2.68 bits per heavy atom. The maximum atomic E-state index is 12.8. The van der Waals surface area contributed by atoms with Gasteiger partial charge in [0.2, 0.25) is 11.9 Å². The van der Waals surface area contributed by atoms with Crippen LogP contribution in [0.25, 0.3) is 0 Å². The van der Waals surface area contributed by atoms with Crippen LogP contribution in [0.15, 0.2) is 30.3 Å². The van der Waals surface area contributed by atoms with E-state index in [2.05, 4.69) is 33.2 Å². The second-order valence-electron chi connectivity index (χ2n) is 6.74. The number of anilines is 2. The Morgan fingerprint density at radius 2 is 1.96 bits per heavy atom. The third kappa shape index (κ3) is 4.16. The first-order chi connectivity index (χ1) is 12.1. The summed E-state index contributed by atoms with van der Waals surface area (Å²) in [6.45, 7) is 7.63. The molecule has 1 saturated heterocycles. The Balaban J connectivity index is 1.71. The molecule has 0 spiro atoms. The summed E-state index contributed by atoms with van der Waals surface area (Å²) >= 11 is 0. The largest absolute Gasteiger partial charge is 0.340 e. The van der Waals surface area contributed by atoms with Gasteiger partial charge in [-0.05, 0) is 50.8 Å². The lowest BCUT2D eigenvalue weighted by Gasteiger charge is -2.32. The molecule has 1 amide bonds. The lowest BCUT2D eigenvalue weighted by Crippen LogP contribution is -2.41. The van der Waals surface area contributed by atoms with E-state index in [4.69, 9.17) is 0 Å². The second kappa shape index (κ2) is 7.64. The van der Waals surface area contributed by atoms with Crippen LogP contribution in [0.2, 0.25) is 0 Å². The molecule has 1 aliphatic heterocycles. The molecule has 2 heterocycles. The van der Waals surface area contributed by atoms with Crippen LogP contribution in [-0.2, 0) is 11.2 Å². The van der Waals surface area contributed by atoms with Gasteiger partial charge in [0.1, 0.15) is 0 Å². The highest BCUT2D eigenvalue weighted by Crippen LogP contribution is 2.23. The van der Waals surface area contributed by atoms with Crippen molar-refractivity contribution in [1.29, 1.82) is 0 Å². The van der Waals surface area contributed by atoms with Gasteiger partial charge >= 0.3 is 0 Å². The van der Waals surface area contributed by atoms with E-state index in [-0.39, 0.29) is 11.8 Å². The van der Waals surface area contributed by atoms with Crippen LogP contribution >= 0.6 is 0 Å². The number of piperidine rings is 1. The molecule has 0 aliphatic carbocycles. The molecule has 25 heavy (non-hydrogen) atoms. The van der Waals surface area contributed by atoms with Crippen LogP contribution < -0.4 is 10.2 Å². The zero-order chi connectivity index (χ0) is 17.8. The number of nitrogens with zero attached hydrogens (tertiary/aromatic N) is 3. The smallest absolute Gasteiger partial charge is 0.229 e. The zero-order valence-electron chi connectivity index (χ0n) is 15.2. The number of nitrogens with one attached hydrogen (secondary N) is 1. The third-order valence-corrected chi connectivity index (χ3v) is 4.70. The van der Waals surface area contributed by atoms with E-state index in [1.807, 2.05) is 38.1 Å². The number of carbonyl (C=O) groups is 1. The summed E-state index contributed by atoms with van der Waals surface area (Å²) in [6, 6.07) is 9.98. The minimum Gasteiger partial charge on any atom is -0.340 e. The highest BCUT2D eigenvalue weighted by molar-refractivity contribution is 5.93. The van der Waals surface area contributed by atoms with Crippen LogP contribution in [0.1, 0.15) is 36.7 Å². The predicted molar refractivity (Wildman–Crippen MR) is 101 cm³/mol. The van der Waals surface area contributed by atoms with E-state index in [1.54, 1.807) is 0 Å². The van der Waals surface area contributed by atoms with Crippen LogP contribution in [0.5, 0.6) is 0 Å². The van der Waals surface area contributed by atoms with E-state index < -0.39 is 0 Å². The van der Waals surface area contributed by atoms with Crippen molar-refractivity contribution >= 4 is 17.5 Å². The van der Waals surface area contributed by atoms with Crippen molar-refractivity contribution in [2.24, 2.45) is 5.92 Å². The van der Waals surface area contributed by atoms with Gasteiger partial charge in [-0.3, -0.25) is 4.79 Å². The van der Waals surface area contributed by atoms with Crippen molar-refractivity contribution in [1.82, 2.24) is 9.97 Å². The summed E-state index contributed by atoms with van der Waals surface area (Å²) in [4.78, 5) is 24.0. The summed E-state index contributed by atoms with van der Waals surface area (Å²) in [5.74, 6) is 0.794. The van der Waals surface area contributed by atoms with E-state index in [9.17, 15) is 4.79 Å². The average Bonchev–Trinajstić information content (AvgIpc) is 2.61. The van der Waals surface area contributed by atoms with Crippen molar-refractivity contribution < 1.29 is 4.79 Å². The van der Waals surface area contributed by atoms with Gasteiger partial charge in [-0.2, -0.15) is 0 Å². The molecular formula is C20H26N4O. The Morgan fingerprint density at radius 1 is 1.24 bits per heavy atom. The van der Waals surface area contributed by atoms with Crippen LogP contribution in [0, 0.1) is 19.8 Å². The number of hydrogen-bond acceptors (Lipinski definition) is 4. The fraction of sp³-hybridized carbons (Fsp3) is 0.450. The molecule has 1 aliphatic rings. The molecule has 132 valence electrons. The van der Waals surface area contributed by atoms with Crippen LogP contribution in [0.3, 0.4) is 0 Å². The minimum absolute atomic E-state index is 0.0388. The monoisotopic (exact) mass is 338 g/mol. The molecule has 1 aromatic heterocycles. The maximum Gasteiger partial charge on any atom is 0.229 e. The quantitative estimate of drug-likeness (QED) is 0.927. The summed E-state index contributed by atoms with van der Waals surface area (Å²) in [7, 11) is 0. The number of aryl methyl sites for hydroxylation is 3. The molecule has 1 unspecified atom stereocenters. The number of carbonyl (C=O) groups excluding carboxylic acids is 1. The van der Waals surface area contributed by atoms with Crippen molar-refractivity contribution in [3.63, 3.8) is 0 Å². The normalized spacial score (nSPS) is 17.4. The molecule has 1 atom stereocenters. The maximum absolute atomic E-state index is 12.8. The van der Waals surface area contributed by atoms with Gasteiger partial charge in [-0.25, -0.2) is 9.97 Å². The van der Waals surface area contributed by atoms with Gasteiger partial charge in [-0.1, -0.05) is 25.1 Å². The summed E-state index contributed by atoms with van der Waals surface area (Å²) in [6.07, 6.45) is 2.79. The SMILES string of the molecule is CCc1ccccc1NC(=O)C1CCCN(c2nc(C)cc(C)n2)C1. The predicted octanol–water partition coefficient (Wildman–Crippen LogP) is 3.51. The van der Waals surface area contributed by atoms with E-state index in [0.717, 1.165) is 48.8 Å². The molecule has 0 saturated carbocycles. The highest BCUT2D eigenvalue weighted by Gasteiger charge is 2.27. The average molecular weight is 338 g/mol. The first kappa shape index (κ1) is 17.4. The van der Waals surface area contributed by atoms with Crippen LogP contribution in [-0.4, -0.2) is 29.0 Å². The van der Waals surface area contributed by atoms with E-state index >= 15 is 0 Å². The fourth-order valence-corrected chi connectivity index (χ4v) is 3.41. The topological polar surface area (TPSA) is 58.1 Å². The number of rotatable bonds is 4. The molecule has 0 bridgehead atoms. The van der Waals surface area contributed by atoms with E-state index in [0.29, 0.717) is 6.54 Å². The molecule has 5 nitrogen and oxygen atoms in total. The number of aromatic nitrogens is 2. The first-order valence-electron chi connectivity index (χ1n) is 9.03. The van der Waals surface area contributed by atoms with Crippen molar-refractivity contribution in [3.8, 4) is 0 Å². The van der Waals surface area contributed by atoms with Crippen molar-refractivity contribution in [2.75, 3.05) is 23.3 Å². The van der Waals surface area contributed by atoms with Gasteiger partial charge in [0.15, 0.2) is 0 Å². The van der Waals surface area contributed by atoms with E-state index in [1.165, 1.54) is 5.56 Å². The Labute approximate surface area is 149 Å². The molecule has 0 radical (unpaired) electrons. The zero-order valence-corrected chi connectivity index (χ0v) is 15.2. The van der Waals surface area contributed by atoms with Gasteiger partial charge in [0.05, 0.1) is 5.92 Å². The summed E-state index contributed by atoms with van der Waals surface area (Å²) in [5, 5.41) is 3.12. The van der Waals surface area contributed by atoms with Crippen LogP contribution in [0.4, 0.5) is 11.6 Å². The van der Waals surface area contributed by atoms with Crippen molar-refractivity contribution in [3.05, 3.63) is 47.3 Å². The summed E-state index contributed by atoms with van der Waals surface area (Å²) in [5.41, 5.74) is 4.02. The molecule has 1 aromatic carbocycles. The van der Waals surface area contributed by atoms with Gasteiger partial charge in [0, 0.05) is 30.2 Å². The standard InChI is InChI=1S/C20H26N4O/c1-4-16-8-5-6-10-18(16)23-19(25)17-9-7-11-24(13-17)20-21-14(2)12-15(3)22-20/h5-6,8,10,12,17H,4,7,9,11,13H2,1-3H3,(H,23,25). The third-order valence-electron chi connectivity index (χ3n) is 4.70. The number of hydrogen-bond donors (Lipinski definition) is 1. The molecular weight excluding hydrogens is 312 g/mol. The lowest BCUT2D eigenvalue weighted by molar-refractivity contribution is -0.120. The molecule has 1 N–H and O–H groups in total. The van der Waals surface area contributed by atoms with Crippen molar-refractivity contribution in [2.45, 2.75) is 40.0 Å². The van der Waals surface area contributed by atoms with Gasteiger partial charge < -0.3 is 10.2 Å². The number of benzene rings is 1. The summed E-state index contributed by atoms with van der Waals surface area (Å²) < 4.78 is 0. The molecule has 5 heteroatoms. The Kier molecular flexibility index (Phi) is 5.31.